The van der Waals surface area contributed by atoms with Crippen molar-refractivity contribution in [3.63, 3.8) is 0 Å². The molecule has 1 aliphatic heterocycles. The number of pyridine rings is 1. The Balaban J connectivity index is 1.43. The Morgan fingerprint density at radius 1 is 1.22 bits per heavy atom. The third kappa shape index (κ3) is 3.43. The summed E-state index contributed by atoms with van der Waals surface area (Å²) in [6, 6.07) is 11.3. The van der Waals surface area contributed by atoms with Gasteiger partial charge in [-0.1, -0.05) is 12.1 Å². The molecule has 1 aliphatic rings. The molecule has 6 nitrogen and oxygen atoms in total. The average Bonchev–Trinajstić information content (AvgIpc) is 3.29. The van der Waals surface area contributed by atoms with Crippen LogP contribution in [-0.2, 0) is 0 Å². The first-order valence-corrected chi connectivity index (χ1v) is 9.12. The molecule has 2 amide bonds. The van der Waals surface area contributed by atoms with Crippen molar-refractivity contribution in [2.24, 2.45) is 0 Å². The van der Waals surface area contributed by atoms with Crippen LogP contribution in [0.25, 0.3) is 10.9 Å². The van der Waals surface area contributed by atoms with Crippen LogP contribution in [0.15, 0.2) is 42.6 Å². The van der Waals surface area contributed by atoms with Gasteiger partial charge in [-0.15, -0.1) is 0 Å². The highest BCUT2D eigenvalue weighted by Crippen LogP contribution is 2.22. The maximum Gasteiger partial charge on any atom is 0.272 e. The van der Waals surface area contributed by atoms with Crippen LogP contribution in [0.5, 0.6) is 0 Å². The number of likely N-dealkylation sites (tertiary alicyclic amines) is 1. The number of carbonyl (C=O) groups is 2. The summed E-state index contributed by atoms with van der Waals surface area (Å²) in [6.45, 7) is 5.20. The Morgan fingerprint density at radius 2 is 2.07 bits per heavy atom. The number of nitrogens with one attached hydrogen (secondary N) is 2. The van der Waals surface area contributed by atoms with Crippen LogP contribution in [0.2, 0.25) is 0 Å². The van der Waals surface area contributed by atoms with Gasteiger partial charge in [-0.3, -0.25) is 14.6 Å². The lowest BCUT2D eigenvalue weighted by Crippen LogP contribution is -2.38. The molecule has 4 rings (SSSR count). The van der Waals surface area contributed by atoms with E-state index in [1.807, 2.05) is 26.0 Å². The normalized spacial score (nSPS) is 16.7. The lowest BCUT2D eigenvalue weighted by Gasteiger charge is -2.16. The molecule has 3 aromatic rings. The molecule has 1 saturated heterocycles. The highest BCUT2D eigenvalue weighted by molar-refractivity contribution is 5.99. The van der Waals surface area contributed by atoms with Crippen LogP contribution in [0.3, 0.4) is 0 Å². The standard InChI is InChI=1S/C21H22N4O2/c1-13-9-14(2)16-11-19(24-18(16)10-13)20(26)23-15-6-8-25(12-15)21(27)17-5-3-4-7-22-17/h3-5,7,9-11,15,24H,6,8,12H2,1-2H3,(H,23,26). The number of benzene rings is 1. The fourth-order valence-corrected chi connectivity index (χ4v) is 3.70. The van der Waals surface area contributed by atoms with Crippen molar-refractivity contribution in [3.8, 4) is 0 Å². The summed E-state index contributed by atoms with van der Waals surface area (Å²) >= 11 is 0. The molecule has 0 aliphatic carbocycles. The molecule has 1 fully saturated rings. The summed E-state index contributed by atoms with van der Waals surface area (Å²) in [5.41, 5.74) is 4.26. The van der Waals surface area contributed by atoms with Gasteiger partial charge in [-0.2, -0.15) is 0 Å². The van der Waals surface area contributed by atoms with Gasteiger partial charge in [0.1, 0.15) is 11.4 Å². The first-order chi connectivity index (χ1) is 13.0. The predicted octanol–water partition coefficient (Wildman–Crippen LogP) is 2.82. The van der Waals surface area contributed by atoms with Gasteiger partial charge in [0.15, 0.2) is 0 Å². The number of rotatable bonds is 3. The number of hydrogen-bond acceptors (Lipinski definition) is 3. The van der Waals surface area contributed by atoms with Crippen LogP contribution in [0, 0.1) is 13.8 Å². The molecular weight excluding hydrogens is 340 g/mol. The lowest BCUT2D eigenvalue weighted by atomic mass is 10.1. The fourth-order valence-electron chi connectivity index (χ4n) is 3.70. The third-order valence-electron chi connectivity index (χ3n) is 5.03. The van der Waals surface area contributed by atoms with E-state index in [0.29, 0.717) is 24.5 Å². The number of aromatic amines is 1. The molecule has 27 heavy (non-hydrogen) atoms. The molecule has 2 aromatic heterocycles. The number of nitrogens with zero attached hydrogens (tertiary/aromatic N) is 2. The Kier molecular flexibility index (Phi) is 4.39. The van der Waals surface area contributed by atoms with E-state index in [9.17, 15) is 9.59 Å². The molecule has 138 valence electrons. The van der Waals surface area contributed by atoms with E-state index in [1.54, 1.807) is 29.3 Å². The first-order valence-electron chi connectivity index (χ1n) is 9.12. The van der Waals surface area contributed by atoms with E-state index in [1.165, 1.54) is 0 Å². The molecule has 1 aromatic carbocycles. The van der Waals surface area contributed by atoms with Crippen molar-refractivity contribution in [1.82, 2.24) is 20.2 Å². The minimum atomic E-state index is -0.139. The predicted molar refractivity (Wildman–Crippen MR) is 104 cm³/mol. The number of aromatic nitrogens is 2. The van der Waals surface area contributed by atoms with Gasteiger partial charge in [-0.25, -0.2) is 0 Å². The molecule has 0 saturated carbocycles. The van der Waals surface area contributed by atoms with Crippen molar-refractivity contribution in [2.75, 3.05) is 13.1 Å². The number of amides is 2. The van der Waals surface area contributed by atoms with Gasteiger partial charge in [0.05, 0.1) is 0 Å². The molecule has 0 spiro atoms. The van der Waals surface area contributed by atoms with Crippen LogP contribution in [-0.4, -0.2) is 45.8 Å². The zero-order chi connectivity index (χ0) is 19.0. The van der Waals surface area contributed by atoms with Gasteiger partial charge in [0.2, 0.25) is 0 Å². The number of hydrogen-bond donors (Lipinski definition) is 2. The Hall–Kier alpha value is -3.15. The fraction of sp³-hybridized carbons (Fsp3) is 0.286. The highest BCUT2D eigenvalue weighted by Gasteiger charge is 2.29. The molecule has 0 bridgehead atoms. The van der Waals surface area contributed by atoms with Gasteiger partial charge in [-0.05, 0) is 55.7 Å². The number of aryl methyl sites for hydroxylation is 2. The topological polar surface area (TPSA) is 78.1 Å². The molecule has 3 heterocycles. The molecule has 1 unspecified atom stereocenters. The minimum Gasteiger partial charge on any atom is -0.351 e. The van der Waals surface area contributed by atoms with E-state index in [2.05, 4.69) is 21.4 Å². The number of carbonyl (C=O) groups excluding carboxylic acids is 2. The largest absolute Gasteiger partial charge is 0.351 e. The smallest absolute Gasteiger partial charge is 0.272 e. The van der Waals surface area contributed by atoms with Crippen LogP contribution >= 0.6 is 0 Å². The Morgan fingerprint density at radius 3 is 2.85 bits per heavy atom. The molecular formula is C21H22N4O2. The molecule has 0 radical (unpaired) electrons. The third-order valence-corrected chi connectivity index (χ3v) is 5.03. The second-order valence-electron chi connectivity index (χ2n) is 7.15. The summed E-state index contributed by atoms with van der Waals surface area (Å²) in [4.78, 5) is 34.2. The molecule has 2 N–H and O–H groups in total. The van der Waals surface area contributed by atoms with Crippen molar-refractivity contribution < 1.29 is 9.59 Å². The van der Waals surface area contributed by atoms with Crippen molar-refractivity contribution in [1.29, 1.82) is 0 Å². The maximum atomic E-state index is 12.7. The van der Waals surface area contributed by atoms with Crippen molar-refractivity contribution in [3.05, 3.63) is 65.1 Å². The maximum absolute atomic E-state index is 12.7. The SMILES string of the molecule is Cc1cc(C)c2cc(C(=O)NC3CCN(C(=O)c4ccccn4)C3)[nH]c2c1. The van der Waals surface area contributed by atoms with Gasteiger partial charge in [0.25, 0.3) is 11.8 Å². The van der Waals surface area contributed by atoms with E-state index in [-0.39, 0.29) is 17.9 Å². The van der Waals surface area contributed by atoms with Crippen molar-refractivity contribution >= 4 is 22.7 Å². The second-order valence-corrected chi connectivity index (χ2v) is 7.15. The van der Waals surface area contributed by atoms with E-state index in [4.69, 9.17) is 0 Å². The Labute approximate surface area is 157 Å². The van der Waals surface area contributed by atoms with Gasteiger partial charge < -0.3 is 15.2 Å². The average molecular weight is 362 g/mol. The van der Waals surface area contributed by atoms with Crippen LogP contribution in [0.4, 0.5) is 0 Å². The lowest BCUT2D eigenvalue weighted by molar-refractivity contribution is 0.0777. The quantitative estimate of drug-likeness (QED) is 0.752. The summed E-state index contributed by atoms with van der Waals surface area (Å²) < 4.78 is 0. The molecule has 1 atom stereocenters. The van der Waals surface area contributed by atoms with E-state index in [0.717, 1.165) is 28.5 Å². The van der Waals surface area contributed by atoms with Gasteiger partial charge in [0, 0.05) is 36.2 Å². The first kappa shape index (κ1) is 17.3. The monoisotopic (exact) mass is 362 g/mol. The molecule has 6 heteroatoms. The number of H-pyrrole nitrogens is 1. The highest BCUT2D eigenvalue weighted by atomic mass is 16.2. The van der Waals surface area contributed by atoms with E-state index < -0.39 is 0 Å². The Bertz CT molecular complexity index is 1010. The van der Waals surface area contributed by atoms with Crippen LogP contribution < -0.4 is 5.32 Å². The second kappa shape index (κ2) is 6.87. The van der Waals surface area contributed by atoms with Crippen molar-refractivity contribution in [2.45, 2.75) is 26.3 Å². The van der Waals surface area contributed by atoms with E-state index >= 15 is 0 Å². The van der Waals surface area contributed by atoms with Gasteiger partial charge >= 0.3 is 0 Å². The minimum absolute atomic E-state index is 0.0561. The zero-order valence-electron chi connectivity index (χ0n) is 15.5. The number of fused-ring (bicyclic) bond motifs is 1. The summed E-state index contributed by atoms with van der Waals surface area (Å²) in [7, 11) is 0. The summed E-state index contributed by atoms with van der Waals surface area (Å²) in [6.07, 6.45) is 2.35. The van der Waals surface area contributed by atoms with Crippen LogP contribution in [0.1, 0.15) is 38.5 Å². The summed E-state index contributed by atoms with van der Waals surface area (Å²) in [5.74, 6) is -0.232. The zero-order valence-corrected chi connectivity index (χ0v) is 15.5. The summed E-state index contributed by atoms with van der Waals surface area (Å²) in [5, 5.41) is 4.10.